The molecule has 5 rings (SSSR count). The van der Waals surface area contributed by atoms with Crippen LogP contribution in [-0.2, 0) is 5.54 Å². The van der Waals surface area contributed by atoms with Gasteiger partial charge in [-0.05, 0) is 77.1 Å². The largest absolute Gasteiger partial charge is 0.332 e. The van der Waals surface area contributed by atoms with E-state index >= 15 is 0 Å². The minimum absolute atomic E-state index is 0.0820. The SMILES string of the molecule is Cc1nn(C(C)(C)C)c2nc(C3CC3)cc(C(=O)N3CCCCCC3c3ccncc3)c12. The van der Waals surface area contributed by atoms with E-state index in [1.807, 2.05) is 24.0 Å². The van der Waals surface area contributed by atoms with Gasteiger partial charge in [0.25, 0.3) is 5.91 Å². The topological polar surface area (TPSA) is 63.9 Å². The third-order valence-electron chi connectivity index (χ3n) is 6.80. The summed E-state index contributed by atoms with van der Waals surface area (Å²) in [5.41, 5.74) is 4.50. The molecule has 168 valence electrons. The Labute approximate surface area is 190 Å². The van der Waals surface area contributed by atoms with Crippen LogP contribution >= 0.6 is 0 Å². The van der Waals surface area contributed by atoms with Gasteiger partial charge in [-0.2, -0.15) is 5.10 Å². The first-order valence-corrected chi connectivity index (χ1v) is 12.0. The van der Waals surface area contributed by atoms with Crippen LogP contribution in [0.25, 0.3) is 11.0 Å². The first-order valence-electron chi connectivity index (χ1n) is 12.0. The summed E-state index contributed by atoms with van der Waals surface area (Å²) in [4.78, 5) is 25.5. The molecule has 6 nitrogen and oxygen atoms in total. The Morgan fingerprint density at radius 1 is 1.06 bits per heavy atom. The van der Waals surface area contributed by atoms with Crippen molar-refractivity contribution < 1.29 is 4.79 Å². The number of aryl methyl sites for hydroxylation is 1. The maximum absolute atomic E-state index is 14.2. The standard InChI is InChI=1S/C26H33N5O/c1-17-23-20(16-21(18-9-10-18)28-24(23)31(29-17)26(2,3)4)25(32)30-15-7-5-6-8-22(30)19-11-13-27-14-12-19/h11-14,16,18,22H,5-10,15H2,1-4H3. The molecule has 3 aromatic rings. The average Bonchev–Trinajstić information content (AvgIpc) is 3.59. The Bertz CT molecular complexity index is 1140. The van der Waals surface area contributed by atoms with Gasteiger partial charge in [-0.1, -0.05) is 12.8 Å². The van der Waals surface area contributed by atoms with E-state index < -0.39 is 0 Å². The van der Waals surface area contributed by atoms with Gasteiger partial charge < -0.3 is 4.90 Å². The van der Waals surface area contributed by atoms with Crippen molar-refractivity contribution in [1.82, 2.24) is 24.6 Å². The highest BCUT2D eigenvalue weighted by Gasteiger charge is 2.34. The van der Waals surface area contributed by atoms with Crippen molar-refractivity contribution in [3.8, 4) is 0 Å². The second kappa shape index (κ2) is 7.98. The van der Waals surface area contributed by atoms with Gasteiger partial charge in [-0.25, -0.2) is 9.67 Å². The number of rotatable bonds is 3. The quantitative estimate of drug-likeness (QED) is 0.547. The van der Waals surface area contributed by atoms with Gasteiger partial charge in [-0.3, -0.25) is 9.78 Å². The maximum atomic E-state index is 14.2. The lowest BCUT2D eigenvalue weighted by atomic mass is 10.00. The number of hydrogen-bond donors (Lipinski definition) is 0. The number of likely N-dealkylation sites (tertiary alicyclic amines) is 1. The van der Waals surface area contributed by atoms with Crippen molar-refractivity contribution >= 4 is 16.9 Å². The molecule has 1 aliphatic heterocycles. The van der Waals surface area contributed by atoms with Crippen molar-refractivity contribution in [2.75, 3.05) is 6.54 Å². The molecule has 1 unspecified atom stereocenters. The second-order valence-corrected chi connectivity index (χ2v) is 10.4. The number of amides is 1. The lowest BCUT2D eigenvalue weighted by Crippen LogP contribution is -2.35. The molecule has 2 fully saturated rings. The van der Waals surface area contributed by atoms with Crippen LogP contribution < -0.4 is 0 Å². The van der Waals surface area contributed by atoms with Crippen LogP contribution in [-0.4, -0.2) is 37.1 Å². The number of aromatic nitrogens is 4. The third-order valence-corrected chi connectivity index (χ3v) is 6.80. The second-order valence-electron chi connectivity index (χ2n) is 10.4. The number of fused-ring (bicyclic) bond motifs is 1. The van der Waals surface area contributed by atoms with Crippen LogP contribution in [0.15, 0.2) is 30.6 Å². The highest BCUT2D eigenvalue weighted by Crippen LogP contribution is 2.41. The smallest absolute Gasteiger partial charge is 0.255 e. The van der Waals surface area contributed by atoms with Crippen LogP contribution in [0.3, 0.4) is 0 Å². The fourth-order valence-electron chi connectivity index (χ4n) is 4.97. The molecule has 4 heterocycles. The summed E-state index contributed by atoms with van der Waals surface area (Å²) in [7, 11) is 0. The monoisotopic (exact) mass is 431 g/mol. The van der Waals surface area contributed by atoms with Crippen LogP contribution in [0.5, 0.6) is 0 Å². The Hall–Kier alpha value is -2.76. The van der Waals surface area contributed by atoms with Crippen LogP contribution in [0.2, 0.25) is 0 Å². The van der Waals surface area contributed by atoms with Crippen molar-refractivity contribution in [2.24, 2.45) is 0 Å². The van der Waals surface area contributed by atoms with Crippen molar-refractivity contribution in [2.45, 2.75) is 83.7 Å². The molecule has 0 spiro atoms. The molecule has 1 saturated heterocycles. The van der Waals surface area contributed by atoms with Crippen molar-refractivity contribution in [3.63, 3.8) is 0 Å². The van der Waals surface area contributed by atoms with Gasteiger partial charge in [0.15, 0.2) is 5.65 Å². The zero-order valence-corrected chi connectivity index (χ0v) is 19.6. The molecule has 1 saturated carbocycles. The molecule has 0 N–H and O–H groups in total. The zero-order valence-electron chi connectivity index (χ0n) is 19.6. The highest BCUT2D eigenvalue weighted by molar-refractivity contribution is 6.06. The summed E-state index contributed by atoms with van der Waals surface area (Å²) in [5, 5.41) is 5.75. The average molecular weight is 432 g/mol. The number of hydrogen-bond acceptors (Lipinski definition) is 4. The Morgan fingerprint density at radius 2 is 1.81 bits per heavy atom. The number of pyridine rings is 2. The van der Waals surface area contributed by atoms with Crippen LogP contribution in [0, 0.1) is 6.92 Å². The Kier molecular flexibility index (Phi) is 5.26. The van der Waals surface area contributed by atoms with E-state index in [2.05, 4.69) is 48.9 Å². The predicted molar refractivity (Wildman–Crippen MR) is 126 cm³/mol. The zero-order chi connectivity index (χ0) is 22.5. The molecule has 1 atom stereocenters. The molecule has 3 aromatic heterocycles. The Balaban J connectivity index is 1.65. The van der Waals surface area contributed by atoms with Crippen molar-refractivity contribution in [3.05, 3.63) is 53.1 Å². The summed E-state index contributed by atoms with van der Waals surface area (Å²) in [5.74, 6) is 0.578. The first-order chi connectivity index (χ1) is 15.3. The number of carbonyl (C=O) groups excluding carboxylic acids is 1. The van der Waals surface area contributed by atoms with Crippen LogP contribution in [0.4, 0.5) is 0 Å². The minimum atomic E-state index is -0.204. The van der Waals surface area contributed by atoms with E-state index in [1.54, 1.807) is 0 Å². The number of nitrogens with zero attached hydrogens (tertiary/aromatic N) is 5. The molecule has 1 amide bonds. The van der Waals surface area contributed by atoms with Crippen LogP contribution in [0.1, 0.15) is 98.6 Å². The summed E-state index contributed by atoms with van der Waals surface area (Å²) in [6.07, 6.45) is 10.3. The Morgan fingerprint density at radius 3 is 2.50 bits per heavy atom. The molecule has 0 bridgehead atoms. The van der Waals surface area contributed by atoms with Gasteiger partial charge >= 0.3 is 0 Å². The molecule has 0 radical (unpaired) electrons. The highest BCUT2D eigenvalue weighted by atomic mass is 16.2. The van der Waals surface area contributed by atoms with E-state index in [4.69, 9.17) is 10.1 Å². The van der Waals surface area contributed by atoms with Gasteiger partial charge in [0.1, 0.15) is 0 Å². The van der Waals surface area contributed by atoms with Gasteiger partial charge in [-0.15, -0.1) is 0 Å². The first kappa shape index (κ1) is 21.1. The summed E-state index contributed by atoms with van der Waals surface area (Å²) in [6, 6.07) is 6.25. The van der Waals surface area contributed by atoms with Gasteiger partial charge in [0.05, 0.1) is 28.2 Å². The molecular formula is C26H33N5O. The van der Waals surface area contributed by atoms with E-state index in [9.17, 15) is 4.79 Å². The summed E-state index contributed by atoms with van der Waals surface area (Å²) < 4.78 is 2.00. The normalized spacial score (nSPS) is 19.9. The van der Waals surface area contributed by atoms with E-state index in [0.29, 0.717) is 5.92 Å². The fourth-order valence-corrected chi connectivity index (χ4v) is 4.97. The van der Waals surface area contributed by atoms with Gasteiger partial charge in [0, 0.05) is 30.6 Å². The van der Waals surface area contributed by atoms with Gasteiger partial charge in [0.2, 0.25) is 0 Å². The van der Waals surface area contributed by atoms with E-state index in [-0.39, 0.29) is 17.5 Å². The number of carbonyl (C=O) groups is 1. The predicted octanol–water partition coefficient (Wildman–Crippen LogP) is 5.52. The van der Waals surface area contributed by atoms with E-state index in [1.165, 1.54) is 5.56 Å². The lowest BCUT2D eigenvalue weighted by molar-refractivity contribution is 0.0682. The third kappa shape index (κ3) is 3.80. The summed E-state index contributed by atoms with van der Waals surface area (Å²) in [6.45, 7) is 9.20. The molecule has 6 heteroatoms. The molecule has 0 aromatic carbocycles. The maximum Gasteiger partial charge on any atom is 0.255 e. The van der Waals surface area contributed by atoms with E-state index in [0.717, 1.165) is 73.1 Å². The fraction of sp³-hybridized carbons (Fsp3) is 0.538. The molecule has 32 heavy (non-hydrogen) atoms. The molecule has 1 aliphatic carbocycles. The van der Waals surface area contributed by atoms with Crippen molar-refractivity contribution in [1.29, 1.82) is 0 Å². The summed E-state index contributed by atoms with van der Waals surface area (Å²) >= 11 is 0. The lowest BCUT2D eigenvalue weighted by Gasteiger charge is -2.31. The molecular weight excluding hydrogens is 398 g/mol. The molecule has 2 aliphatic rings. The minimum Gasteiger partial charge on any atom is -0.332 e.